The summed E-state index contributed by atoms with van der Waals surface area (Å²) in [6.45, 7) is 0. The zero-order valence-corrected chi connectivity index (χ0v) is 13.7. The normalized spacial score (nSPS) is 10.8. The molecule has 21 heavy (non-hydrogen) atoms. The van der Waals surface area contributed by atoms with Gasteiger partial charge in [0.2, 0.25) is 0 Å². The number of fused-ring (bicyclic) bond motifs is 1. The fraction of sp³-hybridized carbons (Fsp3) is 0.0667. The summed E-state index contributed by atoms with van der Waals surface area (Å²) in [5.74, 6) is 0.982. The van der Waals surface area contributed by atoms with Crippen molar-refractivity contribution in [3.63, 3.8) is 0 Å². The summed E-state index contributed by atoms with van der Waals surface area (Å²) in [5.41, 5.74) is 3.10. The highest BCUT2D eigenvalue weighted by molar-refractivity contribution is 9.10. The van der Waals surface area contributed by atoms with E-state index >= 15 is 0 Å². The third-order valence-electron chi connectivity index (χ3n) is 3.12. The second-order valence-corrected chi connectivity index (χ2v) is 5.97. The van der Waals surface area contributed by atoms with Crippen LogP contribution in [0.3, 0.4) is 0 Å². The standard InChI is InChI=1S/C15H8BrCl2N3/c16-11-6-10(18)2-4-13(11)21-14-5-9(8-19)1-3-12(14)20-15(21)7-17/h1-6H,7H2. The molecule has 1 heterocycles. The lowest BCUT2D eigenvalue weighted by Gasteiger charge is -2.10. The molecule has 2 aromatic carbocycles. The minimum Gasteiger partial charge on any atom is -0.294 e. The van der Waals surface area contributed by atoms with Crippen LogP contribution in [-0.4, -0.2) is 9.55 Å². The molecule has 0 atom stereocenters. The molecule has 0 aliphatic carbocycles. The van der Waals surface area contributed by atoms with E-state index in [0.29, 0.717) is 16.4 Å². The highest BCUT2D eigenvalue weighted by Crippen LogP contribution is 2.30. The third kappa shape index (κ3) is 2.53. The van der Waals surface area contributed by atoms with Crippen molar-refractivity contribution in [1.29, 1.82) is 5.26 Å². The molecule has 0 N–H and O–H groups in total. The summed E-state index contributed by atoms with van der Waals surface area (Å²) >= 11 is 15.5. The fourth-order valence-electron chi connectivity index (χ4n) is 2.22. The van der Waals surface area contributed by atoms with Gasteiger partial charge in [0.15, 0.2) is 0 Å². The van der Waals surface area contributed by atoms with Gasteiger partial charge in [-0.15, -0.1) is 11.6 Å². The maximum atomic E-state index is 9.08. The van der Waals surface area contributed by atoms with Crippen LogP contribution in [0, 0.1) is 11.3 Å². The van der Waals surface area contributed by atoms with Crippen molar-refractivity contribution in [2.45, 2.75) is 5.88 Å². The molecule has 0 saturated carbocycles. The van der Waals surface area contributed by atoms with E-state index in [1.165, 1.54) is 0 Å². The van der Waals surface area contributed by atoms with Gasteiger partial charge in [0.05, 0.1) is 34.2 Å². The van der Waals surface area contributed by atoms with E-state index in [1.54, 1.807) is 18.2 Å². The number of nitriles is 1. The Morgan fingerprint density at radius 3 is 2.71 bits per heavy atom. The second-order valence-electron chi connectivity index (χ2n) is 4.41. The average Bonchev–Trinajstić information content (AvgIpc) is 2.84. The Hall–Kier alpha value is -1.54. The Kier molecular flexibility index (Phi) is 3.90. The number of imidazole rings is 1. The summed E-state index contributed by atoms with van der Waals surface area (Å²) < 4.78 is 2.77. The first-order valence-electron chi connectivity index (χ1n) is 6.07. The molecule has 104 valence electrons. The van der Waals surface area contributed by atoms with Crippen molar-refractivity contribution in [3.8, 4) is 11.8 Å². The van der Waals surface area contributed by atoms with Crippen molar-refractivity contribution in [2.24, 2.45) is 0 Å². The van der Waals surface area contributed by atoms with E-state index in [1.807, 2.05) is 22.8 Å². The van der Waals surface area contributed by atoms with E-state index in [9.17, 15) is 0 Å². The SMILES string of the molecule is N#Cc1ccc2nc(CCl)n(-c3ccc(Cl)cc3Br)c2c1. The molecule has 0 amide bonds. The van der Waals surface area contributed by atoms with Crippen LogP contribution in [0.4, 0.5) is 0 Å². The van der Waals surface area contributed by atoms with Gasteiger partial charge in [-0.05, 0) is 52.3 Å². The second kappa shape index (κ2) is 5.69. The molecule has 0 bridgehead atoms. The highest BCUT2D eigenvalue weighted by atomic mass is 79.9. The lowest BCUT2D eigenvalue weighted by Crippen LogP contribution is -2.00. The summed E-state index contributed by atoms with van der Waals surface area (Å²) in [7, 11) is 0. The van der Waals surface area contributed by atoms with Crippen LogP contribution in [0.25, 0.3) is 16.7 Å². The molecular weight excluding hydrogens is 373 g/mol. The van der Waals surface area contributed by atoms with Crippen LogP contribution in [0.15, 0.2) is 40.9 Å². The predicted octanol–water partition coefficient (Wildman–Crippen LogP) is 5.05. The maximum Gasteiger partial charge on any atom is 0.129 e. The van der Waals surface area contributed by atoms with Gasteiger partial charge in [-0.3, -0.25) is 4.57 Å². The molecule has 0 radical (unpaired) electrons. The molecule has 3 aromatic rings. The van der Waals surface area contributed by atoms with Gasteiger partial charge in [0.25, 0.3) is 0 Å². The number of hydrogen-bond acceptors (Lipinski definition) is 2. The lowest BCUT2D eigenvalue weighted by molar-refractivity contribution is 0.977. The first-order chi connectivity index (χ1) is 10.1. The first-order valence-corrected chi connectivity index (χ1v) is 7.77. The molecular formula is C15H8BrCl2N3. The zero-order chi connectivity index (χ0) is 15.0. The number of aromatic nitrogens is 2. The molecule has 0 aliphatic heterocycles. The van der Waals surface area contributed by atoms with Gasteiger partial charge >= 0.3 is 0 Å². The Morgan fingerprint density at radius 1 is 1.24 bits per heavy atom. The Labute approximate surface area is 139 Å². The first kappa shape index (κ1) is 14.4. The Bertz CT molecular complexity index is 880. The third-order valence-corrected chi connectivity index (χ3v) is 4.23. The van der Waals surface area contributed by atoms with Gasteiger partial charge in [0.1, 0.15) is 5.82 Å². The minimum atomic E-state index is 0.269. The predicted molar refractivity (Wildman–Crippen MR) is 88.1 cm³/mol. The minimum absolute atomic E-state index is 0.269. The lowest BCUT2D eigenvalue weighted by atomic mass is 10.2. The topological polar surface area (TPSA) is 41.6 Å². The highest BCUT2D eigenvalue weighted by Gasteiger charge is 2.14. The number of hydrogen-bond donors (Lipinski definition) is 0. The number of halogens is 3. The van der Waals surface area contributed by atoms with E-state index in [4.69, 9.17) is 28.5 Å². The fourth-order valence-corrected chi connectivity index (χ4v) is 3.26. The molecule has 0 fully saturated rings. The van der Waals surface area contributed by atoms with Crippen molar-refractivity contribution >= 4 is 50.2 Å². The quantitative estimate of drug-likeness (QED) is 0.583. The average molecular weight is 381 g/mol. The van der Waals surface area contributed by atoms with Gasteiger partial charge in [0, 0.05) is 9.50 Å². The molecule has 0 unspecified atom stereocenters. The zero-order valence-electron chi connectivity index (χ0n) is 10.6. The molecule has 6 heteroatoms. The van der Waals surface area contributed by atoms with Gasteiger partial charge in [-0.2, -0.15) is 5.26 Å². The largest absolute Gasteiger partial charge is 0.294 e. The maximum absolute atomic E-state index is 9.08. The van der Waals surface area contributed by atoms with Gasteiger partial charge in [-0.25, -0.2) is 4.98 Å². The van der Waals surface area contributed by atoms with Gasteiger partial charge in [-0.1, -0.05) is 11.6 Å². The van der Waals surface area contributed by atoms with E-state index < -0.39 is 0 Å². The number of benzene rings is 2. The molecule has 0 saturated heterocycles. The van der Waals surface area contributed by atoms with Crippen LogP contribution in [0.1, 0.15) is 11.4 Å². The number of nitrogens with zero attached hydrogens (tertiary/aromatic N) is 3. The smallest absolute Gasteiger partial charge is 0.129 e. The van der Waals surface area contributed by atoms with E-state index in [0.717, 1.165) is 21.2 Å². The number of alkyl halides is 1. The van der Waals surface area contributed by atoms with Crippen molar-refractivity contribution in [1.82, 2.24) is 9.55 Å². The molecule has 0 aliphatic rings. The van der Waals surface area contributed by atoms with Crippen LogP contribution in [0.2, 0.25) is 5.02 Å². The van der Waals surface area contributed by atoms with Crippen LogP contribution in [0.5, 0.6) is 0 Å². The molecule has 1 aromatic heterocycles. The van der Waals surface area contributed by atoms with Crippen molar-refractivity contribution in [2.75, 3.05) is 0 Å². The van der Waals surface area contributed by atoms with Crippen LogP contribution < -0.4 is 0 Å². The Morgan fingerprint density at radius 2 is 2.05 bits per heavy atom. The summed E-state index contributed by atoms with van der Waals surface area (Å²) in [6.07, 6.45) is 0. The van der Waals surface area contributed by atoms with E-state index in [2.05, 4.69) is 27.0 Å². The van der Waals surface area contributed by atoms with Crippen LogP contribution in [-0.2, 0) is 5.88 Å². The summed E-state index contributed by atoms with van der Waals surface area (Å²) in [4.78, 5) is 4.51. The molecule has 0 spiro atoms. The van der Waals surface area contributed by atoms with Crippen molar-refractivity contribution in [3.05, 3.63) is 57.3 Å². The summed E-state index contributed by atoms with van der Waals surface area (Å²) in [6, 6.07) is 13.0. The van der Waals surface area contributed by atoms with E-state index in [-0.39, 0.29) is 5.88 Å². The summed E-state index contributed by atoms with van der Waals surface area (Å²) in [5, 5.41) is 9.72. The molecule has 3 nitrogen and oxygen atoms in total. The molecule has 3 rings (SSSR count). The van der Waals surface area contributed by atoms with Crippen LogP contribution >= 0.6 is 39.1 Å². The Balaban J connectivity index is 2.36. The number of rotatable bonds is 2. The van der Waals surface area contributed by atoms with Crippen molar-refractivity contribution < 1.29 is 0 Å². The monoisotopic (exact) mass is 379 g/mol. The van der Waals surface area contributed by atoms with Gasteiger partial charge < -0.3 is 0 Å².